The molecule has 0 aliphatic carbocycles. The molecule has 5 nitrogen and oxygen atoms in total. The third-order valence-corrected chi connectivity index (χ3v) is 4.62. The highest BCUT2D eigenvalue weighted by atomic mass is 79.9. The number of fused-ring (bicyclic) bond motifs is 1. The van der Waals surface area contributed by atoms with E-state index in [9.17, 15) is 9.59 Å². The van der Waals surface area contributed by atoms with Crippen LogP contribution in [0.25, 0.3) is 0 Å². The molecule has 1 heterocycles. The molecule has 2 aromatic rings. The van der Waals surface area contributed by atoms with Gasteiger partial charge < -0.3 is 10.1 Å². The maximum atomic E-state index is 12.5. The molecule has 3 rings (SSSR count). The van der Waals surface area contributed by atoms with Crippen LogP contribution in [-0.2, 0) is 9.59 Å². The molecule has 2 aromatic carbocycles. The summed E-state index contributed by atoms with van der Waals surface area (Å²) >= 11 is 9.45. The molecule has 0 aromatic heterocycles. The van der Waals surface area contributed by atoms with E-state index < -0.39 is 0 Å². The zero-order chi connectivity index (χ0) is 18.1. The van der Waals surface area contributed by atoms with Crippen LogP contribution >= 0.6 is 27.5 Å². The number of halogens is 2. The van der Waals surface area contributed by atoms with E-state index in [4.69, 9.17) is 16.3 Å². The number of amides is 2. The number of carbonyl (C=O) groups is 2. The summed E-state index contributed by atoms with van der Waals surface area (Å²) in [6.45, 7) is 3.63. The molecule has 0 spiro atoms. The number of nitrogens with one attached hydrogen (secondary N) is 1. The predicted octanol–water partition coefficient (Wildman–Crippen LogP) is 4.08. The number of aryl methyl sites for hydroxylation is 2. The van der Waals surface area contributed by atoms with E-state index in [1.807, 2.05) is 26.0 Å². The first-order valence-electron chi connectivity index (χ1n) is 7.64. The Morgan fingerprint density at radius 2 is 1.96 bits per heavy atom. The van der Waals surface area contributed by atoms with Crippen molar-refractivity contribution in [2.75, 3.05) is 23.4 Å². The summed E-state index contributed by atoms with van der Waals surface area (Å²) in [5, 5.41) is 3.37. The standard InChI is InChI=1S/C18H16BrClN2O3/c1-10-5-12(19)6-11(2)18(10)21-16(23)8-22-14-7-13(20)3-4-15(14)25-9-17(22)24/h3-7H,8-9H2,1-2H3,(H,21,23). The zero-order valence-electron chi connectivity index (χ0n) is 13.7. The van der Waals surface area contributed by atoms with E-state index in [-0.39, 0.29) is 25.0 Å². The number of nitrogens with zero attached hydrogens (tertiary/aromatic N) is 1. The highest BCUT2D eigenvalue weighted by molar-refractivity contribution is 9.10. The first-order valence-corrected chi connectivity index (χ1v) is 8.81. The van der Waals surface area contributed by atoms with Gasteiger partial charge in [-0.05, 0) is 55.3 Å². The monoisotopic (exact) mass is 422 g/mol. The van der Waals surface area contributed by atoms with Crippen molar-refractivity contribution in [2.24, 2.45) is 0 Å². The van der Waals surface area contributed by atoms with E-state index in [0.29, 0.717) is 16.5 Å². The number of carbonyl (C=O) groups excluding carboxylic acids is 2. The average Bonchev–Trinajstić information content (AvgIpc) is 2.54. The van der Waals surface area contributed by atoms with Crippen LogP contribution in [-0.4, -0.2) is 25.0 Å². The van der Waals surface area contributed by atoms with Gasteiger partial charge in [0.15, 0.2) is 6.61 Å². The fourth-order valence-corrected chi connectivity index (χ4v) is 3.63. The summed E-state index contributed by atoms with van der Waals surface area (Å²) in [7, 11) is 0. The van der Waals surface area contributed by atoms with Crippen LogP contribution in [0.3, 0.4) is 0 Å². The number of rotatable bonds is 3. The van der Waals surface area contributed by atoms with Crippen molar-refractivity contribution in [1.82, 2.24) is 0 Å². The van der Waals surface area contributed by atoms with Gasteiger partial charge in [-0.15, -0.1) is 0 Å². The first-order chi connectivity index (χ1) is 11.8. The quantitative estimate of drug-likeness (QED) is 0.809. The topological polar surface area (TPSA) is 58.6 Å². The Bertz CT molecular complexity index is 846. The third kappa shape index (κ3) is 3.80. The molecule has 0 fully saturated rings. The summed E-state index contributed by atoms with van der Waals surface area (Å²) in [5.74, 6) is -0.0309. The number of anilines is 2. The predicted molar refractivity (Wildman–Crippen MR) is 102 cm³/mol. The average molecular weight is 424 g/mol. The molecule has 1 aliphatic rings. The number of hydrogen-bond acceptors (Lipinski definition) is 3. The van der Waals surface area contributed by atoms with E-state index in [2.05, 4.69) is 21.2 Å². The number of hydrogen-bond donors (Lipinski definition) is 1. The normalized spacial score (nSPS) is 13.3. The summed E-state index contributed by atoms with van der Waals surface area (Å²) in [5.41, 5.74) is 3.14. The molecule has 0 radical (unpaired) electrons. The molecule has 1 aliphatic heterocycles. The molecular weight excluding hydrogens is 408 g/mol. The van der Waals surface area contributed by atoms with Gasteiger partial charge in [0.05, 0.1) is 5.69 Å². The van der Waals surface area contributed by atoms with Crippen molar-refractivity contribution in [2.45, 2.75) is 13.8 Å². The molecule has 0 unspecified atom stereocenters. The van der Waals surface area contributed by atoms with Crippen LogP contribution in [0.1, 0.15) is 11.1 Å². The van der Waals surface area contributed by atoms with E-state index >= 15 is 0 Å². The lowest BCUT2D eigenvalue weighted by atomic mass is 10.1. The van der Waals surface area contributed by atoms with E-state index in [1.165, 1.54) is 4.90 Å². The molecule has 0 saturated carbocycles. The van der Waals surface area contributed by atoms with Gasteiger partial charge in [-0.1, -0.05) is 27.5 Å². The fraction of sp³-hybridized carbons (Fsp3) is 0.222. The van der Waals surface area contributed by atoms with Crippen molar-refractivity contribution >= 4 is 50.7 Å². The minimum Gasteiger partial charge on any atom is -0.482 e. The Hall–Kier alpha value is -2.05. The van der Waals surface area contributed by atoms with Crippen molar-refractivity contribution in [3.05, 3.63) is 51.0 Å². The first kappa shape index (κ1) is 17.8. The second-order valence-electron chi connectivity index (χ2n) is 5.84. The molecule has 130 valence electrons. The van der Waals surface area contributed by atoms with Crippen LogP contribution in [0.15, 0.2) is 34.8 Å². The summed E-state index contributed by atoms with van der Waals surface area (Å²) < 4.78 is 6.34. The highest BCUT2D eigenvalue weighted by Crippen LogP contribution is 2.34. The van der Waals surface area contributed by atoms with Crippen molar-refractivity contribution in [3.8, 4) is 5.75 Å². The van der Waals surface area contributed by atoms with Gasteiger partial charge in [0.2, 0.25) is 5.91 Å². The number of ether oxygens (including phenoxy) is 1. The van der Waals surface area contributed by atoms with Crippen molar-refractivity contribution in [3.63, 3.8) is 0 Å². The fourth-order valence-electron chi connectivity index (χ4n) is 2.78. The zero-order valence-corrected chi connectivity index (χ0v) is 16.1. The lowest BCUT2D eigenvalue weighted by molar-refractivity contribution is -0.123. The van der Waals surface area contributed by atoms with Gasteiger partial charge in [-0.2, -0.15) is 0 Å². The van der Waals surface area contributed by atoms with Gasteiger partial charge in [0, 0.05) is 15.2 Å². The molecule has 0 atom stereocenters. The van der Waals surface area contributed by atoms with Gasteiger partial charge in [-0.3, -0.25) is 14.5 Å². The highest BCUT2D eigenvalue weighted by Gasteiger charge is 2.27. The number of benzene rings is 2. The van der Waals surface area contributed by atoms with Gasteiger partial charge in [0.25, 0.3) is 5.91 Å². The molecule has 0 saturated heterocycles. The summed E-state index contributed by atoms with van der Waals surface area (Å²) in [4.78, 5) is 26.1. The molecule has 7 heteroatoms. The SMILES string of the molecule is Cc1cc(Br)cc(C)c1NC(=O)CN1C(=O)COc2ccc(Cl)cc21. The van der Waals surface area contributed by atoms with Gasteiger partial charge in [-0.25, -0.2) is 0 Å². The Morgan fingerprint density at radius 3 is 2.64 bits per heavy atom. The molecule has 2 amide bonds. The van der Waals surface area contributed by atoms with Crippen molar-refractivity contribution in [1.29, 1.82) is 0 Å². The van der Waals surface area contributed by atoms with Crippen LogP contribution in [0.5, 0.6) is 5.75 Å². The lowest BCUT2D eigenvalue weighted by Crippen LogP contribution is -2.43. The molecule has 0 bridgehead atoms. The Kier molecular flexibility index (Phi) is 5.01. The Balaban J connectivity index is 1.82. The van der Waals surface area contributed by atoms with E-state index in [1.54, 1.807) is 18.2 Å². The molecule has 1 N–H and O–H groups in total. The van der Waals surface area contributed by atoms with Gasteiger partial charge in [0.1, 0.15) is 12.3 Å². The Morgan fingerprint density at radius 1 is 1.28 bits per heavy atom. The molecular formula is C18H16BrClN2O3. The summed E-state index contributed by atoms with van der Waals surface area (Å²) in [6, 6.07) is 8.85. The van der Waals surface area contributed by atoms with Crippen molar-refractivity contribution < 1.29 is 14.3 Å². The third-order valence-electron chi connectivity index (χ3n) is 3.93. The van der Waals surface area contributed by atoms with Crippen LogP contribution in [0.4, 0.5) is 11.4 Å². The minimum absolute atomic E-state index is 0.0990. The second kappa shape index (κ2) is 7.06. The van der Waals surface area contributed by atoms with Crippen LogP contribution in [0.2, 0.25) is 5.02 Å². The van der Waals surface area contributed by atoms with E-state index in [0.717, 1.165) is 21.3 Å². The van der Waals surface area contributed by atoms with Gasteiger partial charge >= 0.3 is 0 Å². The minimum atomic E-state index is -0.283. The largest absolute Gasteiger partial charge is 0.482 e. The smallest absolute Gasteiger partial charge is 0.265 e. The lowest BCUT2D eigenvalue weighted by Gasteiger charge is -2.29. The maximum absolute atomic E-state index is 12.5. The van der Waals surface area contributed by atoms with Crippen LogP contribution in [0, 0.1) is 13.8 Å². The summed E-state index contributed by atoms with van der Waals surface area (Å²) in [6.07, 6.45) is 0. The Labute approximate surface area is 159 Å². The van der Waals surface area contributed by atoms with Crippen LogP contribution < -0.4 is 15.0 Å². The second-order valence-corrected chi connectivity index (χ2v) is 7.20. The maximum Gasteiger partial charge on any atom is 0.265 e. The molecule has 25 heavy (non-hydrogen) atoms.